The topological polar surface area (TPSA) is 47.6 Å². The average molecular weight is 321 g/mol. The van der Waals surface area contributed by atoms with E-state index in [1.165, 1.54) is 0 Å². The molecule has 1 aliphatic heterocycles. The molecule has 2 rings (SSSR count). The highest BCUT2D eigenvalue weighted by Gasteiger charge is 2.43. The number of nitrogens with one attached hydrogen (secondary N) is 1. The van der Waals surface area contributed by atoms with Crippen molar-refractivity contribution in [2.45, 2.75) is 57.7 Å². The number of β-lactam (4-membered cyclic amide) rings is 1. The van der Waals surface area contributed by atoms with Crippen molar-refractivity contribution >= 4 is 14.2 Å². The molecule has 4 nitrogen and oxygen atoms in total. The molecule has 0 aliphatic carbocycles. The lowest BCUT2D eigenvalue weighted by Crippen LogP contribution is -2.66. The van der Waals surface area contributed by atoms with Gasteiger partial charge in [-0.15, -0.1) is 0 Å². The molecular weight excluding hydrogens is 294 g/mol. The van der Waals surface area contributed by atoms with Gasteiger partial charge in [-0.3, -0.25) is 4.79 Å². The summed E-state index contributed by atoms with van der Waals surface area (Å²) in [6, 6.07) is 9.87. The normalized spacial score (nSPS) is 22.1. The van der Waals surface area contributed by atoms with Crippen LogP contribution in [0.15, 0.2) is 30.3 Å². The number of carbonyl (C=O) groups is 1. The SMILES string of the molecule is CC(C)(C)[Si](C)(C)OC[C@@H]1NC(=O)[C@@H]1OCc1ccccc1. The standard InChI is InChI=1S/C17H27NO3Si/c1-17(2,3)22(4,5)21-12-14-15(16(19)18-14)20-11-13-9-7-6-8-10-13/h6-10,14-15H,11-12H2,1-5H3,(H,18,19)/t14-,15+/m0/s1. The Labute approximate surface area is 134 Å². The smallest absolute Gasteiger partial charge is 0.251 e. The van der Waals surface area contributed by atoms with Crippen LogP contribution in [0, 0.1) is 0 Å². The van der Waals surface area contributed by atoms with Gasteiger partial charge in [-0.25, -0.2) is 0 Å². The van der Waals surface area contributed by atoms with Crippen LogP contribution in [0.25, 0.3) is 0 Å². The third-order valence-corrected chi connectivity index (χ3v) is 9.15. The molecular formula is C17H27NO3Si. The molecule has 1 heterocycles. The van der Waals surface area contributed by atoms with Crippen molar-refractivity contribution in [1.82, 2.24) is 5.32 Å². The maximum Gasteiger partial charge on any atom is 0.251 e. The molecule has 122 valence electrons. The van der Waals surface area contributed by atoms with Gasteiger partial charge in [0.1, 0.15) is 0 Å². The zero-order chi connectivity index (χ0) is 16.4. The second-order valence-corrected chi connectivity index (χ2v) is 12.2. The maximum absolute atomic E-state index is 11.7. The Kier molecular flexibility index (Phi) is 5.09. The van der Waals surface area contributed by atoms with Crippen LogP contribution in [-0.4, -0.2) is 33.0 Å². The van der Waals surface area contributed by atoms with E-state index in [4.69, 9.17) is 9.16 Å². The first-order valence-electron chi connectivity index (χ1n) is 7.80. The number of hydrogen-bond acceptors (Lipinski definition) is 3. The summed E-state index contributed by atoms with van der Waals surface area (Å²) in [5, 5.41) is 3.05. The van der Waals surface area contributed by atoms with Crippen molar-refractivity contribution in [3.63, 3.8) is 0 Å². The third-order valence-electron chi connectivity index (χ3n) is 4.65. The van der Waals surface area contributed by atoms with Gasteiger partial charge in [0.25, 0.3) is 5.91 Å². The summed E-state index contributed by atoms with van der Waals surface area (Å²) in [6.07, 6.45) is -0.398. The molecule has 1 amide bonds. The highest BCUT2D eigenvalue weighted by molar-refractivity contribution is 6.74. The molecule has 2 atom stereocenters. The summed E-state index contributed by atoms with van der Waals surface area (Å²) in [5.74, 6) is -0.0419. The second-order valence-electron chi connectivity index (χ2n) is 7.40. The van der Waals surface area contributed by atoms with E-state index >= 15 is 0 Å². The molecule has 0 unspecified atom stereocenters. The van der Waals surface area contributed by atoms with Gasteiger partial charge >= 0.3 is 0 Å². The molecule has 1 aromatic carbocycles. The van der Waals surface area contributed by atoms with Crippen LogP contribution < -0.4 is 5.32 Å². The molecule has 0 radical (unpaired) electrons. The number of hydrogen-bond donors (Lipinski definition) is 1. The number of amides is 1. The van der Waals surface area contributed by atoms with Crippen LogP contribution in [-0.2, 0) is 20.6 Å². The fraction of sp³-hybridized carbons (Fsp3) is 0.588. The van der Waals surface area contributed by atoms with Crippen molar-refractivity contribution in [2.75, 3.05) is 6.61 Å². The van der Waals surface area contributed by atoms with Gasteiger partial charge in [0.15, 0.2) is 14.4 Å². The van der Waals surface area contributed by atoms with E-state index in [1.807, 2.05) is 30.3 Å². The van der Waals surface area contributed by atoms with E-state index in [0.717, 1.165) is 5.56 Å². The second kappa shape index (κ2) is 6.52. The fourth-order valence-electron chi connectivity index (χ4n) is 2.02. The van der Waals surface area contributed by atoms with Gasteiger partial charge in [-0.2, -0.15) is 0 Å². The van der Waals surface area contributed by atoms with E-state index in [9.17, 15) is 4.79 Å². The highest BCUT2D eigenvalue weighted by atomic mass is 28.4. The van der Waals surface area contributed by atoms with Crippen LogP contribution in [0.4, 0.5) is 0 Å². The van der Waals surface area contributed by atoms with Gasteiger partial charge in [-0.1, -0.05) is 51.1 Å². The molecule has 1 fully saturated rings. The maximum atomic E-state index is 11.7. The first kappa shape index (κ1) is 17.2. The molecule has 1 aromatic rings. The summed E-state index contributed by atoms with van der Waals surface area (Å²) in [6.45, 7) is 12.0. The number of rotatable bonds is 6. The van der Waals surface area contributed by atoms with E-state index in [2.05, 4.69) is 39.2 Å². The van der Waals surface area contributed by atoms with Gasteiger partial charge in [-0.05, 0) is 23.7 Å². The van der Waals surface area contributed by atoms with Crippen molar-refractivity contribution in [3.05, 3.63) is 35.9 Å². The van der Waals surface area contributed by atoms with Crippen molar-refractivity contribution in [3.8, 4) is 0 Å². The monoisotopic (exact) mass is 321 g/mol. The van der Waals surface area contributed by atoms with Crippen LogP contribution in [0.2, 0.25) is 18.1 Å². The molecule has 0 bridgehead atoms. The lowest BCUT2D eigenvalue weighted by Gasteiger charge is -2.41. The van der Waals surface area contributed by atoms with Gasteiger partial charge in [0.05, 0.1) is 19.3 Å². The molecule has 1 N–H and O–H groups in total. The van der Waals surface area contributed by atoms with Gasteiger partial charge in [0, 0.05) is 0 Å². The Hall–Kier alpha value is -1.17. The Balaban J connectivity index is 1.84. The minimum absolute atomic E-state index is 0.0367. The minimum atomic E-state index is -1.80. The van der Waals surface area contributed by atoms with Crippen LogP contribution in [0.5, 0.6) is 0 Å². The first-order valence-corrected chi connectivity index (χ1v) is 10.7. The highest BCUT2D eigenvalue weighted by Crippen LogP contribution is 2.36. The van der Waals surface area contributed by atoms with E-state index in [0.29, 0.717) is 13.2 Å². The number of carbonyl (C=O) groups excluding carboxylic acids is 1. The average Bonchev–Trinajstić information content (AvgIpc) is 2.43. The van der Waals surface area contributed by atoms with Crippen LogP contribution in [0.1, 0.15) is 26.3 Å². The van der Waals surface area contributed by atoms with Gasteiger partial charge < -0.3 is 14.5 Å². The minimum Gasteiger partial charge on any atom is -0.415 e. The molecule has 1 aliphatic rings. The molecule has 5 heteroatoms. The van der Waals surface area contributed by atoms with E-state index in [1.54, 1.807) is 0 Å². The summed E-state index contributed by atoms with van der Waals surface area (Å²) in [7, 11) is -1.80. The fourth-order valence-corrected chi connectivity index (χ4v) is 3.05. The quantitative estimate of drug-likeness (QED) is 0.647. The number of ether oxygens (including phenoxy) is 1. The first-order chi connectivity index (χ1) is 10.2. The number of benzene rings is 1. The Morgan fingerprint density at radius 2 is 1.82 bits per heavy atom. The Morgan fingerprint density at radius 1 is 1.18 bits per heavy atom. The molecule has 1 saturated heterocycles. The van der Waals surface area contributed by atoms with Crippen molar-refractivity contribution in [2.24, 2.45) is 0 Å². The Bertz CT molecular complexity index is 510. The predicted octanol–water partition coefficient (Wildman–Crippen LogP) is 3.09. The summed E-state index contributed by atoms with van der Waals surface area (Å²) in [4.78, 5) is 11.7. The molecule has 0 spiro atoms. The predicted molar refractivity (Wildman–Crippen MR) is 90.1 cm³/mol. The van der Waals surface area contributed by atoms with Crippen molar-refractivity contribution in [1.29, 1.82) is 0 Å². The molecule has 22 heavy (non-hydrogen) atoms. The van der Waals surface area contributed by atoms with Crippen LogP contribution >= 0.6 is 0 Å². The van der Waals surface area contributed by atoms with Gasteiger partial charge in [0.2, 0.25) is 0 Å². The van der Waals surface area contributed by atoms with E-state index in [-0.39, 0.29) is 17.0 Å². The van der Waals surface area contributed by atoms with E-state index < -0.39 is 14.4 Å². The lowest BCUT2D eigenvalue weighted by molar-refractivity contribution is -0.151. The Morgan fingerprint density at radius 3 is 2.36 bits per heavy atom. The van der Waals surface area contributed by atoms with Crippen LogP contribution in [0.3, 0.4) is 0 Å². The molecule has 0 saturated carbocycles. The lowest BCUT2D eigenvalue weighted by atomic mass is 10.0. The molecule has 0 aromatic heterocycles. The summed E-state index contributed by atoms with van der Waals surface area (Å²) in [5.41, 5.74) is 1.08. The third kappa shape index (κ3) is 3.97. The summed E-state index contributed by atoms with van der Waals surface area (Å²) < 4.78 is 11.9. The zero-order valence-corrected chi connectivity index (χ0v) is 15.2. The zero-order valence-electron chi connectivity index (χ0n) is 14.2. The largest absolute Gasteiger partial charge is 0.415 e. The summed E-state index contributed by atoms with van der Waals surface area (Å²) >= 11 is 0. The van der Waals surface area contributed by atoms with Crippen molar-refractivity contribution < 1.29 is 14.0 Å².